The van der Waals surface area contributed by atoms with Gasteiger partial charge in [-0.1, -0.05) is 23.2 Å². The van der Waals surface area contributed by atoms with Crippen LogP contribution >= 0.6 is 34.8 Å². The summed E-state index contributed by atoms with van der Waals surface area (Å²) in [4.78, 5) is 11.5. The molecule has 14 heavy (non-hydrogen) atoms. The predicted molar refractivity (Wildman–Crippen MR) is 57.8 cm³/mol. The number of phenolic OH excluding ortho intramolecular Hbond substituents is 1. The predicted octanol–water partition coefficient (Wildman–Crippen LogP) is 3.51. The first-order chi connectivity index (χ1) is 6.43. The molecule has 0 aliphatic carbocycles. The molecule has 0 spiro atoms. The van der Waals surface area contributed by atoms with Crippen molar-refractivity contribution in [3.8, 4) is 5.75 Å². The first-order valence-corrected chi connectivity index (χ1v) is 4.99. The summed E-state index contributed by atoms with van der Waals surface area (Å²) in [7, 11) is 0. The number of aromatic hydroxyl groups is 1. The first kappa shape index (κ1) is 11.6. The summed E-state index contributed by atoms with van der Waals surface area (Å²) in [6, 6.07) is 2.69. The molecular weight excluding hydrogens is 246 g/mol. The Hall–Kier alpha value is -0.440. The molecule has 1 aromatic rings. The molecule has 1 atom stereocenters. The molecule has 0 saturated carbocycles. The molecule has 1 rings (SSSR count). The van der Waals surface area contributed by atoms with E-state index >= 15 is 0 Å². The van der Waals surface area contributed by atoms with E-state index in [2.05, 4.69) is 0 Å². The van der Waals surface area contributed by atoms with Crippen LogP contribution in [0.3, 0.4) is 0 Å². The number of carbonyl (C=O) groups excluding carboxylic acids is 1. The van der Waals surface area contributed by atoms with Gasteiger partial charge in [-0.3, -0.25) is 4.79 Å². The van der Waals surface area contributed by atoms with E-state index in [0.29, 0.717) is 0 Å². The molecule has 76 valence electrons. The summed E-state index contributed by atoms with van der Waals surface area (Å²) in [5.41, 5.74) is 0.0463. The van der Waals surface area contributed by atoms with Crippen molar-refractivity contribution < 1.29 is 9.90 Å². The fraction of sp³-hybridized carbons (Fsp3) is 0.222. The standard InChI is InChI=1S/C9H7Cl3O2/c1-4(10)8(13)6-2-5(11)3-7(12)9(6)14/h2-4,14H,1H3. The van der Waals surface area contributed by atoms with Gasteiger partial charge in [-0.2, -0.15) is 0 Å². The van der Waals surface area contributed by atoms with Gasteiger partial charge in [0.05, 0.1) is 16.0 Å². The van der Waals surface area contributed by atoms with Crippen LogP contribution in [0.2, 0.25) is 10.0 Å². The number of hydrogen-bond donors (Lipinski definition) is 1. The first-order valence-electron chi connectivity index (χ1n) is 3.79. The maximum Gasteiger partial charge on any atom is 0.184 e. The van der Waals surface area contributed by atoms with Gasteiger partial charge in [-0.05, 0) is 19.1 Å². The van der Waals surface area contributed by atoms with Crippen molar-refractivity contribution in [2.24, 2.45) is 0 Å². The molecule has 0 aliphatic heterocycles. The smallest absolute Gasteiger partial charge is 0.184 e. The molecule has 2 nitrogen and oxygen atoms in total. The molecule has 1 unspecified atom stereocenters. The van der Waals surface area contributed by atoms with E-state index in [9.17, 15) is 9.90 Å². The van der Waals surface area contributed by atoms with Gasteiger partial charge >= 0.3 is 0 Å². The lowest BCUT2D eigenvalue weighted by molar-refractivity contribution is 0.0989. The van der Waals surface area contributed by atoms with Crippen molar-refractivity contribution in [3.63, 3.8) is 0 Å². The number of carbonyl (C=O) groups is 1. The Kier molecular flexibility index (Phi) is 3.65. The molecule has 1 N–H and O–H groups in total. The average molecular weight is 254 g/mol. The Bertz CT molecular complexity index is 375. The molecule has 0 heterocycles. The zero-order valence-corrected chi connectivity index (χ0v) is 9.49. The lowest BCUT2D eigenvalue weighted by Gasteiger charge is -2.07. The normalized spacial score (nSPS) is 12.6. The number of hydrogen-bond acceptors (Lipinski definition) is 2. The van der Waals surface area contributed by atoms with E-state index in [1.54, 1.807) is 0 Å². The number of alkyl halides is 1. The van der Waals surface area contributed by atoms with Gasteiger partial charge < -0.3 is 5.11 Å². The van der Waals surface area contributed by atoms with E-state index in [-0.39, 0.29) is 21.4 Å². The van der Waals surface area contributed by atoms with Crippen molar-refractivity contribution in [3.05, 3.63) is 27.7 Å². The minimum atomic E-state index is -0.726. The fourth-order valence-corrected chi connectivity index (χ4v) is 1.58. The molecule has 0 saturated heterocycles. The number of ketones is 1. The summed E-state index contributed by atoms with van der Waals surface area (Å²) in [5.74, 6) is -0.692. The molecule has 1 aromatic carbocycles. The summed E-state index contributed by atoms with van der Waals surface area (Å²) < 4.78 is 0. The third-order valence-corrected chi connectivity index (χ3v) is 2.36. The Balaban J connectivity index is 3.27. The van der Waals surface area contributed by atoms with Gasteiger partial charge in [0.2, 0.25) is 0 Å². The summed E-state index contributed by atoms with van der Waals surface area (Å²) in [5, 5.41) is 9.07. The van der Waals surface area contributed by atoms with Gasteiger partial charge in [0.1, 0.15) is 5.75 Å². The second-order valence-corrected chi connectivity index (χ2v) is 4.26. The molecule has 0 aliphatic rings. The Labute approximate surface area is 96.4 Å². The highest BCUT2D eigenvalue weighted by Gasteiger charge is 2.18. The van der Waals surface area contributed by atoms with Crippen molar-refractivity contribution in [2.75, 3.05) is 0 Å². The van der Waals surface area contributed by atoms with E-state index in [1.165, 1.54) is 19.1 Å². The van der Waals surface area contributed by atoms with Crippen LogP contribution in [0.15, 0.2) is 12.1 Å². The third-order valence-electron chi connectivity index (χ3n) is 1.65. The summed E-state index contributed by atoms with van der Waals surface area (Å²) in [6.07, 6.45) is 0. The zero-order chi connectivity index (χ0) is 10.9. The van der Waals surface area contributed by atoms with Crippen molar-refractivity contribution >= 4 is 40.6 Å². The largest absolute Gasteiger partial charge is 0.506 e. The van der Waals surface area contributed by atoms with Gasteiger partial charge in [0, 0.05) is 5.02 Å². The molecule has 0 amide bonds. The van der Waals surface area contributed by atoms with Crippen LogP contribution in [0, 0.1) is 0 Å². The van der Waals surface area contributed by atoms with Crippen LogP contribution in [-0.2, 0) is 0 Å². The minimum Gasteiger partial charge on any atom is -0.506 e. The molecule has 5 heteroatoms. The van der Waals surface area contributed by atoms with Gasteiger partial charge in [0.25, 0.3) is 0 Å². The second kappa shape index (κ2) is 4.39. The van der Waals surface area contributed by atoms with Gasteiger partial charge in [-0.15, -0.1) is 11.6 Å². The second-order valence-electron chi connectivity index (χ2n) is 2.76. The third kappa shape index (κ3) is 2.32. The van der Waals surface area contributed by atoms with Crippen LogP contribution in [0.5, 0.6) is 5.75 Å². The molecule has 0 bridgehead atoms. The maximum absolute atomic E-state index is 11.5. The SMILES string of the molecule is CC(Cl)C(=O)c1cc(Cl)cc(Cl)c1O. The Morgan fingerprint density at radius 1 is 1.43 bits per heavy atom. The van der Waals surface area contributed by atoms with Crippen LogP contribution in [0.1, 0.15) is 17.3 Å². The molecular formula is C9H7Cl3O2. The maximum atomic E-state index is 11.5. The zero-order valence-electron chi connectivity index (χ0n) is 7.22. The summed E-state index contributed by atoms with van der Waals surface area (Å²) in [6.45, 7) is 1.51. The monoisotopic (exact) mass is 252 g/mol. The quantitative estimate of drug-likeness (QED) is 0.647. The highest BCUT2D eigenvalue weighted by Crippen LogP contribution is 2.32. The topological polar surface area (TPSA) is 37.3 Å². The molecule has 0 fully saturated rings. The Morgan fingerprint density at radius 2 is 2.00 bits per heavy atom. The van der Waals surface area contributed by atoms with E-state index in [1.807, 2.05) is 0 Å². The van der Waals surface area contributed by atoms with Gasteiger partial charge in [0.15, 0.2) is 5.78 Å². The lowest BCUT2D eigenvalue weighted by atomic mass is 10.1. The number of phenols is 1. The number of rotatable bonds is 2. The highest BCUT2D eigenvalue weighted by atomic mass is 35.5. The number of benzene rings is 1. The van der Waals surface area contributed by atoms with E-state index < -0.39 is 11.2 Å². The summed E-state index contributed by atoms with van der Waals surface area (Å²) >= 11 is 16.9. The van der Waals surface area contributed by atoms with Crippen LogP contribution in [0.4, 0.5) is 0 Å². The number of Topliss-reactive ketones (excluding diaryl/α,β-unsaturated/α-hetero) is 1. The minimum absolute atomic E-state index is 0.0400. The van der Waals surface area contributed by atoms with E-state index in [4.69, 9.17) is 34.8 Å². The van der Waals surface area contributed by atoms with Crippen molar-refractivity contribution in [1.29, 1.82) is 0 Å². The van der Waals surface area contributed by atoms with Crippen LogP contribution in [0.25, 0.3) is 0 Å². The fourth-order valence-electron chi connectivity index (χ4n) is 0.968. The average Bonchev–Trinajstić information content (AvgIpc) is 2.09. The van der Waals surface area contributed by atoms with Crippen LogP contribution in [-0.4, -0.2) is 16.3 Å². The highest BCUT2D eigenvalue weighted by molar-refractivity contribution is 6.38. The van der Waals surface area contributed by atoms with Crippen molar-refractivity contribution in [2.45, 2.75) is 12.3 Å². The molecule has 0 aromatic heterocycles. The molecule has 0 radical (unpaired) electrons. The van der Waals surface area contributed by atoms with E-state index in [0.717, 1.165) is 0 Å². The number of halogens is 3. The Morgan fingerprint density at radius 3 is 2.50 bits per heavy atom. The van der Waals surface area contributed by atoms with Gasteiger partial charge in [-0.25, -0.2) is 0 Å². The van der Waals surface area contributed by atoms with Crippen molar-refractivity contribution in [1.82, 2.24) is 0 Å². The van der Waals surface area contributed by atoms with Crippen LogP contribution < -0.4 is 0 Å². The lowest BCUT2D eigenvalue weighted by Crippen LogP contribution is -2.10.